The molecule has 148 valence electrons. The first-order chi connectivity index (χ1) is 14.7. The van der Waals surface area contributed by atoms with Crippen LogP contribution in [-0.2, 0) is 0 Å². The molecule has 3 aromatic carbocycles. The highest BCUT2D eigenvalue weighted by atomic mass is 32.1. The summed E-state index contributed by atoms with van der Waals surface area (Å²) in [6, 6.07) is 26.1. The Morgan fingerprint density at radius 1 is 0.967 bits per heavy atom. The van der Waals surface area contributed by atoms with E-state index in [1.165, 1.54) is 0 Å². The monoisotopic (exact) mass is 413 g/mol. The summed E-state index contributed by atoms with van der Waals surface area (Å²) >= 11 is 1.56. The summed E-state index contributed by atoms with van der Waals surface area (Å²) < 4.78 is 5.38. The van der Waals surface area contributed by atoms with Gasteiger partial charge in [-0.1, -0.05) is 48.5 Å². The highest BCUT2D eigenvalue weighted by molar-refractivity contribution is 7.15. The molecule has 0 atom stereocenters. The molecule has 4 rings (SSSR count). The maximum absolute atomic E-state index is 12.1. The maximum atomic E-state index is 12.1. The molecule has 0 spiro atoms. The van der Waals surface area contributed by atoms with Gasteiger partial charge in [-0.3, -0.25) is 5.43 Å². The average Bonchev–Trinajstić information content (AvgIpc) is 3.16. The van der Waals surface area contributed by atoms with E-state index >= 15 is 0 Å². The van der Waals surface area contributed by atoms with E-state index in [1.807, 2.05) is 55.5 Å². The molecule has 0 bridgehead atoms. The van der Waals surface area contributed by atoms with Crippen LogP contribution < -0.4 is 10.2 Å². The van der Waals surface area contributed by atoms with Crippen LogP contribution in [0.1, 0.15) is 20.8 Å². The largest absolute Gasteiger partial charge is 0.423 e. The van der Waals surface area contributed by atoms with Crippen LogP contribution in [-0.4, -0.2) is 17.2 Å². The third-order valence-corrected chi connectivity index (χ3v) is 5.19. The van der Waals surface area contributed by atoms with Gasteiger partial charge >= 0.3 is 5.97 Å². The Balaban J connectivity index is 1.36. The predicted molar refractivity (Wildman–Crippen MR) is 121 cm³/mol. The van der Waals surface area contributed by atoms with Gasteiger partial charge < -0.3 is 4.74 Å². The number of ether oxygens (including phenoxy) is 1. The van der Waals surface area contributed by atoms with E-state index in [0.29, 0.717) is 11.3 Å². The Morgan fingerprint density at radius 3 is 2.33 bits per heavy atom. The first-order valence-corrected chi connectivity index (χ1v) is 10.2. The lowest BCUT2D eigenvalue weighted by Gasteiger charge is -2.04. The Kier molecular flexibility index (Phi) is 5.96. The van der Waals surface area contributed by atoms with Gasteiger partial charge in [-0.25, -0.2) is 9.78 Å². The van der Waals surface area contributed by atoms with E-state index in [1.54, 1.807) is 53.9 Å². The summed E-state index contributed by atoms with van der Waals surface area (Å²) in [6.45, 7) is 2.05. The fourth-order valence-electron chi connectivity index (χ4n) is 2.83. The minimum absolute atomic E-state index is 0.382. The van der Waals surface area contributed by atoms with E-state index in [2.05, 4.69) is 15.5 Å². The van der Waals surface area contributed by atoms with Crippen molar-refractivity contribution >= 4 is 28.7 Å². The van der Waals surface area contributed by atoms with Crippen molar-refractivity contribution in [3.8, 4) is 17.0 Å². The number of esters is 1. The number of aryl methyl sites for hydroxylation is 1. The smallest absolute Gasteiger partial charge is 0.343 e. The highest BCUT2D eigenvalue weighted by Crippen LogP contribution is 2.30. The summed E-state index contributed by atoms with van der Waals surface area (Å²) in [7, 11) is 0. The second-order valence-electron chi connectivity index (χ2n) is 6.48. The van der Waals surface area contributed by atoms with Crippen LogP contribution in [0.25, 0.3) is 11.3 Å². The van der Waals surface area contributed by atoms with Crippen molar-refractivity contribution in [3.05, 3.63) is 101 Å². The zero-order chi connectivity index (χ0) is 20.8. The molecule has 5 nitrogen and oxygen atoms in total. The van der Waals surface area contributed by atoms with Crippen molar-refractivity contribution in [1.29, 1.82) is 0 Å². The van der Waals surface area contributed by atoms with Crippen LogP contribution in [0.5, 0.6) is 5.75 Å². The van der Waals surface area contributed by atoms with Gasteiger partial charge in [-0.15, -0.1) is 11.3 Å². The number of nitrogens with zero attached hydrogens (tertiary/aromatic N) is 2. The summed E-state index contributed by atoms with van der Waals surface area (Å²) in [5.41, 5.74) is 6.42. The van der Waals surface area contributed by atoms with E-state index < -0.39 is 0 Å². The molecule has 0 amide bonds. The zero-order valence-electron chi connectivity index (χ0n) is 16.3. The third kappa shape index (κ3) is 4.79. The van der Waals surface area contributed by atoms with Crippen LogP contribution in [0.4, 0.5) is 5.13 Å². The number of aromatic nitrogens is 1. The third-order valence-electron chi connectivity index (χ3n) is 4.32. The molecule has 1 N–H and O–H groups in total. The molecule has 0 aliphatic rings. The molecule has 4 aromatic rings. The highest BCUT2D eigenvalue weighted by Gasteiger charge is 2.09. The second-order valence-corrected chi connectivity index (χ2v) is 7.69. The number of hydrazone groups is 1. The molecular weight excluding hydrogens is 394 g/mol. The molecule has 1 aromatic heterocycles. The molecular formula is C24H19N3O2S. The lowest BCUT2D eigenvalue weighted by Crippen LogP contribution is -2.08. The number of thiazole rings is 1. The number of hydrogen-bond donors (Lipinski definition) is 1. The summed E-state index contributed by atoms with van der Waals surface area (Å²) in [5, 5.41) is 5.00. The molecule has 1 heterocycles. The number of hydrogen-bond acceptors (Lipinski definition) is 6. The lowest BCUT2D eigenvalue weighted by atomic mass is 10.1. The number of anilines is 1. The van der Waals surface area contributed by atoms with E-state index in [9.17, 15) is 4.79 Å². The molecule has 30 heavy (non-hydrogen) atoms. The molecule has 0 saturated heterocycles. The Bertz CT molecular complexity index is 1150. The van der Waals surface area contributed by atoms with Crippen molar-refractivity contribution in [2.75, 3.05) is 5.43 Å². The number of benzene rings is 3. The first-order valence-electron chi connectivity index (χ1n) is 9.38. The van der Waals surface area contributed by atoms with Crippen LogP contribution in [0.3, 0.4) is 0 Å². The fourth-order valence-corrected chi connectivity index (χ4v) is 3.62. The minimum Gasteiger partial charge on any atom is -0.423 e. The summed E-state index contributed by atoms with van der Waals surface area (Å²) in [4.78, 5) is 17.8. The van der Waals surface area contributed by atoms with Gasteiger partial charge in [0.05, 0.1) is 17.5 Å². The van der Waals surface area contributed by atoms with E-state index in [-0.39, 0.29) is 5.97 Å². The molecule has 0 aliphatic carbocycles. The van der Waals surface area contributed by atoms with Gasteiger partial charge in [0.2, 0.25) is 5.13 Å². The number of rotatable bonds is 6. The topological polar surface area (TPSA) is 63.6 Å². The van der Waals surface area contributed by atoms with Crippen LogP contribution in [0, 0.1) is 6.92 Å². The molecule has 0 fully saturated rings. The Morgan fingerprint density at radius 2 is 1.63 bits per heavy atom. The number of nitrogens with one attached hydrogen (secondary N) is 1. The SMILES string of the molecule is Cc1sc(N/N=C/c2ccc(OC(=O)c3ccccc3)cc2)nc1-c1ccccc1. The zero-order valence-corrected chi connectivity index (χ0v) is 17.1. The molecule has 6 heteroatoms. The molecule has 0 saturated carbocycles. The van der Waals surface area contributed by atoms with Crippen LogP contribution in [0.2, 0.25) is 0 Å². The second kappa shape index (κ2) is 9.15. The Labute approximate surface area is 178 Å². The maximum Gasteiger partial charge on any atom is 0.343 e. The van der Waals surface area contributed by atoms with Crippen molar-refractivity contribution in [2.24, 2.45) is 5.10 Å². The van der Waals surface area contributed by atoms with Crippen LogP contribution >= 0.6 is 11.3 Å². The summed E-state index contributed by atoms with van der Waals surface area (Å²) in [5.74, 6) is 0.101. The first kappa shape index (κ1) is 19.5. The number of carbonyl (C=O) groups is 1. The molecule has 0 radical (unpaired) electrons. The normalized spacial score (nSPS) is 10.8. The van der Waals surface area contributed by atoms with Crippen molar-refractivity contribution in [1.82, 2.24) is 4.98 Å². The fraction of sp³-hybridized carbons (Fsp3) is 0.0417. The van der Waals surface area contributed by atoms with Crippen LogP contribution in [0.15, 0.2) is 90.0 Å². The van der Waals surface area contributed by atoms with Gasteiger partial charge in [-0.2, -0.15) is 5.10 Å². The van der Waals surface area contributed by atoms with Gasteiger partial charge in [0.15, 0.2) is 0 Å². The van der Waals surface area contributed by atoms with E-state index in [0.717, 1.165) is 26.8 Å². The van der Waals surface area contributed by atoms with Crippen molar-refractivity contribution in [3.63, 3.8) is 0 Å². The number of carbonyl (C=O) groups excluding carboxylic acids is 1. The van der Waals surface area contributed by atoms with E-state index in [4.69, 9.17) is 4.74 Å². The predicted octanol–water partition coefficient (Wildman–Crippen LogP) is 5.78. The van der Waals surface area contributed by atoms with Gasteiger partial charge in [0, 0.05) is 10.4 Å². The van der Waals surface area contributed by atoms with Gasteiger partial charge in [0.1, 0.15) is 5.75 Å². The Hall–Kier alpha value is -3.77. The van der Waals surface area contributed by atoms with Gasteiger partial charge in [-0.05, 0) is 48.9 Å². The van der Waals surface area contributed by atoms with Crippen molar-refractivity contribution < 1.29 is 9.53 Å². The quantitative estimate of drug-likeness (QED) is 0.188. The standard InChI is InChI=1S/C24H19N3O2S/c1-17-22(19-8-4-2-5-9-19)26-24(30-17)27-25-16-18-12-14-21(15-13-18)29-23(28)20-10-6-3-7-11-20/h2-16H,1H3,(H,26,27)/b25-16+. The average molecular weight is 414 g/mol. The van der Waals surface area contributed by atoms with Gasteiger partial charge in [0.25, 0.3) is 0 Å². The lowest BCUT2D eigenvalue weighted by molar-refractivity contribution is 0.0735. The minimum atomic E-state index is -0.382. The molecule has 0 aliphatic heterocycles. The summed E-state index contributed by atoms with van der Waals surface area (Å²) in [6.07, 6.45) is 1.70. The van der Waals surface area contributed by atoms with Crippen molar-refractivity contribution in [2.45, 2.75) is 6.92 Å². The molecule has 0 unspecified atom stereocenters.